The van der Waals surface area contributed by atoms with Gasteiger partial charge in [-0.05, 0) is 24.5 Å². The molecule has 1 aromatic carbocycles. The van der Waals surface area contributed by atoms with E-state index >= 15 is 0 Å². The Bertz CT molecular complexity index is 458. The van der Waals surface area contributed by atoms with Crippen molar-refractivity contribution in [1.29, 1.82) is 0 Å². The van der Waals surface area contributed by atoms with Gasteiger partial charge >= 0.3 is 0 Å². The highest BCUT2D eigenvalue weighted by Gasteiger charge is 2.07. The SMILES string of the molecule is CSc1cccc(-c2nc(CCl)no2)c1. The van der Waals surface area contributed by atoms with E-state index in [0.717, 1.165) is 10.5 Å². The highest BCUT2D eigenvalue weighted by atomic mass is 35.5. The summed E-state index contributed by atoms with van der Waals surface area (Å²) in [7, 11) is 0. The predicted octanol–water partition coefficient (Wildman–Crippen LogP) is 3.20. The number of hydrogen-bond donors (Lipinski definition) is 0. The van der Waals surface area contributed by atoms with Gasteiger partial charge in [0.1, 0.15) is 0 Å². The van der Waals surface area contributed by atoms with Gasteiger partial charge in [-0.15, -0.1) is 23.4 Å². The zero-order valence-corrected chi connectivity index (χ0v) is 9.68. The van der Waals surface area contributed by atoms with Crippen molar-refractivity contribution in [2.24, 2.45) is 0 Å². The maximum Gasteiger partial charge on any atom is 0.258 e. The number of hydrogen-bond acceptors (Lipinski definition) is 4. The maximum atomic E-state index is 5.60. The molecule has 0 aliphatic rings. The van der Waals surface area contributed by atoms with Crippen molar-refractivity contribution in [3.8, 4) is 11.5 Å². The average Bonchev–Trinajstić information content (AvgIpc) is 2.78. The van der Waals surface area contributed by atoms with Crippen LogP contribution in [-0.4, -0.2) is 16.4 Å². The van der Waals surface area contributed by atoms with Crippen LogP contribution in [0.2, 0.25) is 0 Å². The monoisotopic (exact) mass is 240 g/mol. The quantitative estimate of drug-likeness (QED) is 0.610. The Morgan fingerprint density at radius 2 is 2.33 bits per heavy atom. The van der Waals surface area contributed by atoms with Gasteiger partial charge in [-0.25, -0.2) is 0 Å². The van der Waals surface area contributed by atoms with Crippen molar-refractivity contribution in [3.63, 3.8) is 0 Å². The van der Waals surface area contributed by atoms with Gasteiger partial charge in [-0.1, -0.05) is 11.2 Å². The lowest BCUT2D eigenvalue weighted by molar-refractivity contribution is 0.425. The lowest BCUT2D eigenvalue weighted by Gasteiger charge is -1.97. The summed E-state index contributed by atoms with van der Waals surface area (Å²) < 4.78 is 5.09. The van der Waals surface area contributed by atoms with E-state index in [2.05, 4.69) is 10.1 Å². The van der Waals surface area contributed by atoms with E-state index in [0.29, 0.717) is 11.7 Å². The molecule has 0 amide bonds. The summed E-state index contributed by atoms with van der Waals surface area (Å²) in [6.45, 7) is 0. The minimum atomic E-state index is 0.270. The summed E-state index contributed by atoms with van der Waals surface area (Å²) in [6.07, 6.45) is 2.02. The van der Waals surface area contributed by atoms with Gasteiger partial charge in [-0.2, -0.15) is 4.98 Å². The molecule has 0 aliphatic carbocycles. The maximum absolute atomic E-state index is 5.60. The Labute approximate surface area is 96.8 Å². The first kappa shape index (κ1) is 10.5. The average molecular weight is 241 g/mol. The number of benzene rings is 1. The summed E-state index contributed by atoms with van der Waals surface area (Å²) in [5.74, 6) is 1.30. The van der Waals surface area contributed by atoms with Crippen molar-refractivity contribution >= 4 is 23.4 Å². The second-order valence-corrected chi connectivity index (χ2v) is 4.03. The molecule has 78 valence electrons. The molecule has 1 heterocycles. The highest BCUT2D eigenvalue weighted by Crippen LogP contribution is 2.23. The van der Waals surface area contributed by atoms with E-state index in [9.17, 15) is 0 Å². The zero-order chi connectivity index (χ0) is 10.7. The van der Waals surface area contributed by atoms with Gasteiger partial charge in [0.05, 0.1) is 5.88 Å². The molecule has 0 saturated heterocycles. The number of thioether (sulfide) groups is 1. The minimum absolute atomic E-state index is 0.270. The molecule has 2 aromatic rings. The summed E-state index contributed by atoms with van der Waals surface area (Å²) in [4.78, 5) is 5.32. The van der Waals surface area contributed by atoms with Crippen LogP contribution in [0.4, 0.5) is 0 Å². The van der Waals surface area contributed by atoms with Crippen LogP contribution in [0, 0.1) is 0 Å². The molecule has 0 atom stereocenters. The number of aromatic nitrogens is 2. The molecular weight excluding hydrogens is 232 g/mol. The molecule has 0 spiro atoms. The van der Waals surface area contributed by atoms with Gasteiger partial charge in [-0.3, -0.25) is 0 Å². The predicted molar refractivity (Wildman–Crippen MR) is 61.1 cm³/mol. The van der Waals surface area contributed by atoms with E-state index in [1.807, 2.05) is 30.5 Å². The molecule has 0 bridgehead atoms. The first-order valence-electron chi connectivity index (χ1n) is 4.36. The summed E-state index contributed by atoms with van der Waals surface area (Å²) >= 11 is 7.27. The van der Waals surface area contributed by atoms with Crippen LogP contribution in [0.5, 0.6) is 0 Å². The molecule has 15 heavy (non-hydrogen) atoms. The molecule has 2 rings (SSSR count). The van der Waals surface area contributed by atoms with Crippen molar-refractivity contribution < 1.29 is 4.52 Å². The van der Waals surface area contributed by atoms with Crippen molar-refractivity contribution in [1.82, 2.24) is 10.1 Å². The molecule has 0 aliphatic heterocycles. The Hall–Kier alpha value is -1.00. The Morgan fingerprint density at radius 1 is 1.47 bits per heavy atom. The van der Waals surface area contributed by atoms with Gasteiger partial charge in [0.25, 0.3) is 5.89 Å². The third-order valence-electron chi connectivity index (χ3n) is 1.90. The van der Waals surface area contributed by atoms with Crippen LogP contribution in [0.3, 0.4) is 0 Å². The number of rotatable bonds is 3. The summed E-state index contributed by atoms with van der Waals surface area (Å²) in [5.41, 5.74) is 0.922. The molecule has 0 fully saturated rings. The van der Waals surface area contributed by atoms with Crippen molar-refractivity contribution in [2.75, 3.05) is 6.26 Å². The third kappa shape index (κ3) is 2.33. The fraction of sp³-hybridized carbons (Fsp3) is 0.200. The second kappa shape index (κ2) is 4.68. The molecule has 1 aromatic heterocycles. The van der Waals surface area contributed by atoms with Gasteiger partial charge in [0, 0.05) is 10.5 Å². The van der Waals surface area contributed by atoms with Crippen molar-refractivity contribution in [2.45, 2.75) is 10.8 Å². The fourth-order valence-electron chi connectivity index (χ4n) is 1.18. The summed E-state index contributed by atoms with van der Waals surface area (Å²) in [5, 5.41) is 3.74. The van der Waals surface area contributed by atoms with Crippen LogP contribution in [0.1, 0.15) is 5.82 Å². The third-order valence-corrected chi connectivity index (χ3v) is 2.87. The topological polar surface area (TPSA) is 38.9 Å². The first-order chi connectivity index (χ1) is 7.33. The first-order valence-corrected chi connectivity index (χ1v) is 6.12. The van der Waals surface area contributed by atoms with Crippen LogP contribution < -0.4 is 0 Å². The largest absolute Gasteiger partial charge is 0.334 e. The molecule has 0 N–H and O–H groups in total. The lowest BCUT2D eigenvalue weighted by Crippen LogP contribution is -1.81. The summed E-state index contributed by atoms with van der Waals surface area (Å²) in [6, 6.07) is 7.94. The molecule has 0 unspecified atom stereocenters. The number of nitrogens with zero attached hydrogens (tertiary/aromatic N) is 2. The lowest BCUT2D eigenvalue weighted by atomic mass is 10.2. The smallest absolute Gasteiger partial charge is 0.258 e. The van der Waals surface area contributed by atoms with E-state index < -0.39 is 0 Å². The molecule has 0 saturated carbocycles. The van der Waals surface area contributed by atoms with Crippen LogP contribution in [-0.2, 0) is 5.88 Å². The minimum Gasteiger partial charge on any atom is -0.334 e. The van der Waals surface area contributed by atoms with E-state index in [1.54, 1.807) is 11.8 Å². The fourth-order valence-corrected chi connectivity index (χ4v) is 1.75. The van der Waals surface area contributed by atoms with E-state index in [-0.39, 0.29) is 5.88 Å². The van der Waals surface area contributed by atoms with E-state index in [4.69, 9.17) is 16.1 Å². The van der Waals surface area contributed by atoms with Gasteiger partial charge in [0.15, 0.2) is 5.82 Å². The Kier molecular flexibility index (Phi) is 3.28. The highest BCUT2D eigenvalue weighted by molar-refractivity contribution is 7.98. The van der Waals surface area contributed by atoms with Crippen LogP contribution in [0.25, 0.3) is 11.5 Å². The molecular formula is C10H9ClN2OS. The zero-order valence-electron chi connectivity index (χ0n) is 8.11. The number of halogens is 1. The van der Waals surface area contributed by atoms with E-state index in [1.165, 1.54) is 0 Å². The van der Waals surface area contributed by atoms with Crippen molar-refractivity contribution in [3.05, 3.63) is 30.1 Å². The Morgan fingerprint density at radius 3 is 3.00 bits per heavy atom. The molecule has 3 nitrogen and oxygen atoms in total. The standard InChI is InChI=1S/C10H9ClN2OS/c1-15-8-4-2-3-7(5-8)10-12-9(6-11)13-14-10/h2-5H,6H2,1H3. The second-order valence-electron chi connectivity index (χ2n) is 2.88. The van der Waals surface area contributed by atoms with Crippen LogP contribution in [0.15, 0.2) is 33.7 Å². The normalized spacial score (nSPS) is 10.5. The Balaban J connectivity index is 2.35. The molecule has 5 heteroatoms. The van der Waals surface area contributed by atoms with Gasteiger partial charge < -0.3 is 4.52 Å². The van der Waals surface area contributed by atoms with Gasteiger partial charge in [0.2, 0.25) is 0 Å². The van der Waals surface area contributed by atoms with Crippen LogP contribution >= 0.6 is 23.4 Å². The number of alkyl halides is 1. The molecule has 0 radical (unpaired) electrons.